The summed E-state index contributed by atoms with van der Waals surface area (Å²) in [4.78, 5) is 0. The highest BCUT2D eigenvalue weighted by Crippen LogP contribution is 2.42. The van der Waals surface area contributed by atoms with E-state index in [-0.39, 0.29) is 0 Å². The molecular weight excluding hydrogens is 192 g/mol. The minimum Gasteiger partial charge on any atom is -0.397 e. The predicted octanol–water partition coefficient (Wildman–Crippen LogP) is 3.32. The Balaban J connectivity index is 2.67. The second kappa shape index (κ2) is 5.28. The average molecular weight is 216 g/mol. The highest BCUT2D eigenvalue weighted by atomic mass is 28.4. The van der Waals surface area contributed by atoms with E-state index in [1.165, 1.54) is 25.7 Å². The minimum atomic E-state index is -1.87. The van der Waals surface area contributed by atoms with Crippen LogP contribution in [0.5, 0.6) is 0 Å². The Bertz CT molecular complexity index is 161. The van der Waals surface area contributed by atoms with Crippen LogP contribution in [0.4, 0.5) is 0 Å². The van der Waals surface area contributed by atoms with Gasteiger partial charge in [0, 0.05) is 19.8 Å². The Morgan fingerprint density at radius 1 is 1.14 bits per heavy atom. The monoisotopic (exact) mass is 216 g/mol. The van der Waals surface area contributed by atoms with Crippen LogP contribution >= 0.6 is 0 Å². The normalized spacial score (nSPS) is 19.5. The van der Waals surface area contributed by atoms with Crippen LogP contribution in [0.3, 0.4) is 0 Å². The summed E-state index contributed by atoms with van der Waals surface area (Å²) in [6, 6.07) is 1.14. The van der Waals surface area contributed by atoms with Gasteiger partial charge in [0.25, 0.3) is 0 Å². The molecule has 0 aromatic heterocycles. The van der Waals surface area contributed by atoms with Gasteiger partial charge in [-0.3, -0.25) is 0 Å². The van der Waals surface area contributed by atoms with Crippen molar-refractivity contribution >= 4 is 8.56 Å². The van der Waals surface area contributed by atoms with Crippen molar-refractivity contribution in [3.8, 4) is 0 Å². The molecule has 14 heavy (non-hydrogen) atoms. The average Bonchev–Trinajstić information content (AvgIpc) is 2.67. The Labute approximate surface area is 89.2 Å². The second-order valence-electron chi connectivity index (χ2n) is 4.80. The summed E-state index contributed by atoms with van der Waals surface area (Å²) in [5.41, 5.74) is 0.736. The molecule has 1 rings (SSSR count). The van der Waals surface area contributed by atoms with Crippen LogP contribution in [-0.2, 0) is 8.85 Å². The third-order valence-electron chi connectivity index (χ3n) is 3.36. The highest BCUT2D eigenvalue weighted by molar-refractivity contribution is 6.69. The molecule has 0 bridgehead atoms. The fourth-order valence-corrected chi connectivity index (χ4v) is 6.61. The van der Waals surface area contributed by atoms with Crippen LogP contribution in [0.25, 0.3) is 0 Å². The first-order chi connectivity index (χ1) is 6.64. The van der Waals surface area contributed by atoms with Crippen LogP contribution in [0, 0.1) is 5.92 Å². The van der Waals surface area contributed by atoms with E-state index in [4.69, 9.17) is 8.85 Å². The van der Waals surface area contributed by atoms with Gasteiger partial charge in [-0.1, -0.05) is 26.7 Å². The Kier molecular flexibility index (Phi) is 4.61. The summed E-state index contributed by atoms with van der Waals surface area (Å²) in [7, 11) is 1.81. The van der Waals surface area contributed by atoms with E-state index in [0.29, 0.717) is 5.92 Å². The summed E-state index contributed by atoms with van der Waals surface area (Å²) in [6.07, 6.45) is 5.37. The molecule has 0 aliphatic heterocycles. The predicted molar refractivity (Wildman–Crippen MR) is 61.6 cm³/mol. The van der Waals surface area contributed by atoms with E-state index >= 15 is 0 Å². The highest BCUT2D eigenvalue weighted by Gasteiger charge is 2.45. The van der Waals surface area contributed by atoms with Gasteiger partial charge in [-0.25, -0.2) is 0 Å². The van der Waals surface area contributed by atoms with Gasteiger partial charge in [0.2, 0.25) is 0 Å². The molecule has 0 unspecified atom stereocenters. The molecule has 1 aliphatic carbocycles. The molecule has 0 saturated heterocycles. The first-order valence-electron chi connectivity index (χ1n) is 5.75. The van der Waals surface area contributed by atoms with Gasteiger partial charge in [0.05, 0.1) is 0 Å². The third-order valence-corrected chi connectivity index (χ3v) is 7.95. The Hall–Kier alpha value is 0.137. The lowest BCUT2D eigenvalue weighted by atomic mass is 10.3. The molecule has 0 spiro atoms. The lowest BCUT2D eigenvalue weighted by molar-refractivity contribution is 0.222. The van der Waals surface area contributed by atoms with Crippen molar-refractivity contribution < 1.29 is 8.85 Å². The van der Waals surface area contributed by atoms with Crippen LogP contribution in [0.2, 0.25) is 11.6 Å². The van der Waals surface area contributed by atoms with E-state index in [1.54, 1.807) is 0 Å². The SMILES string of the molecule is CO[Si](CC(C)C)(OC)C1CCCC1. The molecule has 0 atom stereocenters. The summed E-state index contributed by atoms with van der Waals surface area (Å²) in [6.45, 7) is 4.52. The van der Waals surface area contributed by atoms with E-state index in [2.05, 4.69) is 13.8 Å². The molecule has 0 aromatic carbocycles. The smallest absolute Gasteiger partial charge is 0.341 e. The van der Waals surface area contributed by atoms with Crippen molar-refractivity contribution in [1.29, 1.82) is 0 Å². The molecule has 0 aromatic rings. The molecule has 1 aliphatic rings. The van der Waals surface area contributed by atoms with Gasteiger partial charge >= 0.3 is 8.56 Å². The van der Waals surface area contributed by atoms with Crippen molar-refractivity contribution in [2.75, 3.05) is 14.2 Å². The van der Waals surface area contributed by atoms with Crippen molar-refractivity contribution in [2.24, 2.45) is 5.92 Å². The molecule has 0 heterocycles. The zero-order chi connectivity index (χ0) is 10.6. The van der Waals surface area contributed by atoms with Gasteiger partial charge < -0.3 is 8.85 Å². The zero-order valence-corrected chi connectivity index (χ0v) is 11.0. The molecule has 0 amide bonds. The van der Waals surface area contributed by atoms with E-state index < -0.39 is 8.56 Å². The summed E-state index contributed by atoms with van der Waals surface area (Å²) in [5.74, 6) is 0.683. The first kappa shape index (κ1) is 12.2. The standard InChI is InChI=1S/C11H24O2Si/c1-10(2)9-14(12-3,13-4)11-7-5-6-8-11/h10-11H,5-9H2,1-4H3. The van der Waals surface area contributed by atoms with Crippen LogP contribution in [0.1, 0.15) is 39.5 Å². The van der Waals surface area contributed by atoms with Crippen LogP contribution in [-0.4, -0.2) is 22.8 Å². The van der Waals surface area contributed by atoms with Crippen molar-refractivity contribution in [3.63, 3.8) is 0 Å². The van der Waals surface area contributed by atoms with Gasteiger partial charge in [0.1, 0.15) is 0 Å². The summed E-state index contributed by atoms with van der Waals surface area (Å²) >= 11 is 0. The van der Waals surface area contributed by atoms with E-state index in [1.807, 2.05) is 14.2 Å². The number of rotatable bonds is 5. The fraction of sp³-hybridized carbons (Fsp3) is 1.00. The molecule has 1 fully saturated rings. The van der Waals surface area contributed by atoms with Gasteiger partial charge in [-0.05, 0) is 24.8 Å². The second-order valence-corrected chi connectivity index (χ2v) is 8.46. The molecule has 2 nitrogen and oxygen atoms in total. The van der Waals surface area contributed by atoms with Gasteiger partial charge in [-0.2, -0.15) is 0 Å². The Morgan fingerprint density at radius 3 is 2.00 bits per heavy atom. The molecule has 3 heteroatoms. The first-order valence-corrected chi connectivity index (χ1v) is 7.85. The molecule has 0 radical (unpaired) electrons. The fourth-order valence-electron chi connectivity index (χ4n) is 2.68. The molecule has 0 N–H and O–H groups in total. The molecule has 1 saturated carbocycles. The summed E-state index contributed by atoms with van der Waals surface area (Å²) in [5, 5.41) is 0. The number of hydrogen-bond donors (Lipinski definition) is 0. The van der Waals surface area contributed by atoms with E-state index in [9.17, 15) is 0 Å². The zero-order valence-electron chi connectivity index (χ0n) is 10.0. The minimum absolute atomic E-state index is 0.683. The number of hydrogen-bond acceptors (Lipinski definition) is 2. The quantitative estimate of drug-likeness (QED) is 0.656. The third kappa shape index (κ3) is 2.58. The lowest BCUT2D eigenvalue weighted by Crippen LogP contribution is -2.45. The largest absolute Gasteiger partial charge is 0.397 e. The van der Waals surface area contributed by atoms with Crippen molar-refractivity contribution in [1.82, 2.24) is 0 Å². The van der Waals surface area contributed by atoms with Gasteiger partial charge in [-0.15, -0.1) is 0 Å². The van der Waals surface area contributed by atoms with Crippen molar-refractivity contribution in [3.05, 3.63) is 0 Å². The van der Waals surface area contributed by atoms with Crippen LogP contribution < -0.4 is 0 Å². The molecule has 84 valence electrons. The Morgan fingerprint density at radius 2 is 1.64 bits per heavy atom. The van der Waals surface area contributed by atoms with Crippen LogP contribution in [0.15, 0.2) is 0 Å². The maximum atomic E-state index is 5.80. The topological polar surface area (TPSA) is 18.5 Å². The maximum absolute atomic E-state index is 5.80. The maximum Gasteiger partial charge on any atom is 0.341 e. The van der Waals surface area contributed by atoms with E-state index in [0.717, 1.165) is 11.6 Å². The summed E-state index contributed by atoms with van der Waals surface area (Å²) < 4.78 is 11.6. The lowest BCUT2D eigenvalue weighted by Gasteiger charge is -2.34. The molecular formula is C11H24O2Si. The van der Waals surface area contributed by atoms with Gasteiger partial charge in [0.15, 0.2) is 0 Å². The van der Waals surface area contributed by atoms with Crippen molar-refractivity contribution in [2.45, 2.75) is 51.1 Å².